The van der Waals surface area contributed by atoms with Gasteiger partial charge in [-0.05, 0) is 52.5 Å². The number of rotatable bonds is 6. The third kappa shape index (κ3) is 8.39. The Hall–Kier alpha value is -5.39. The van der Waals surface area contributed by atoms with Gasteiger partial charge in [0.2, 0.25) is 0 Å². The van der Waals surface area contributed by atoms with E-state index in [-0.39, 0.29) is 25.7 Å². The Morgan fingerprint density at radius 3 is 1.75 bits per heavy atom. The van der Waals surface area contributed by atoms with Gasteiger partial charge >= 0.3 is 142 Å². The summed E-state index contributed by atoms with van der Waals surface area (Å²) in [5, 5.41) is 1.98. The van der Waals surface area contributed by atoms with E-state index in [1.165, 1.54) is 27.3 Å². The number of fused-ring (bicyclic) bond motifs is 3. The van der Waals surface area contributed by atoms with E-state index < -0.39 is 20.1 Å². The molecule has 0 spiro atoms. The zero-order valence-electron chi connectivity index (χ0n) is 34.7. The van der Waals surface area contributed by atoms with Gasteiger partial charge in [-0.15, -0.1) is 23.8 Å². The summed E-state index contributed by atoms with van der Waals surface area (Å²) >= 11 is -1.83. The Balaban J connectivity index is 0.000000192. The van der Waals surface area contributed by atoms with E-state index >= 15 is 0 Å². The fourth-order valence-corrected chi connectivity index (χ4v) is 10.6. The van der Waals surface area contributed by atoms with Gasteiger partial charge in [-0.2, -0.15) is 0 Å². The van der Waals surface area contributed by atoms with Crippen LogP contribution in [0.4, 0.5) is 0 Å². The summed E-state index contributed by atoms with van der Waals surface area (Å²) in [5.74, 6) is 7.22. The minimum Gasteiger partial charge on any atom is -0.500 e. The van der Waals surface area contributed by atoms with Crippen LogP contribution in [-0.4, -0.2) is 23.2 Å². The molecule has 0 N–H and O–H groups in total. The van der Waals surface area contributed by atoms with E-state index in [9.17, 15) is 0 Å². The van der Waals surface area contributed by atoms with E-state index in [0.29, 0.717) is 11.3 Å². The van der Waals surface area contributed by atoms with Gasteiger partial charge in [0.05, 0.1) is 5.58 Å². The van der Waals surface area contributed by atoms with Crippen molar-refractivity contribution in [1.82, 2.24) is 9.97 Å². The SMILES string of the molecule is Cc1cc(-c2[c-]cc(-c3ccccc3)cc2)nc[c]1[Ge]([CH3])([CH3])[CH3].[2H]C([2H])([2H])c1cnc(-c2[c-]cc3oc4ccc(-c5ccccc5)cc4c3c2)cc1-c1ccccc1.[Ir]. The van der Waals surface area contributed by atoms with Crippen LogP contribution in [-0.2, 0) is 20.1 Å². The summed E-state index contributed by atoms with van der Waals surface area (Å²) in [7, 11) is 0. The molecule has 56 heavy (non-hydrogen) atoms. The summed E-state index contributed by atoms with van der Waals surface area (Å²) in [6, 6.07) is 57.2. The Morgan fingerprint density at radius 2 is 1.12 bits per heavy atom. The first-order chi connectivity index (χ1) is 27.9. The Kier molecular flexibility index (Phi) is 10.5. The van der Waals surface area contributed by atoms with Crippen LogP contribution in [0.1, 0.15) is 15.2 Å². The van der Waals surface area contributed by atoms with Crippen molar-refractivity contribution in [2.45, 2.75) is 31.0 Å². The molecular weight excluding hydrogens is 921 g/mol. The average Bonchev–Trinajstić information content (AvgIpc) is 3.61. The molecule has 3 heterocycles. The van der Waals surface area contributed by atoms with E-state index in [2.05, 4.69) is 120 Å². The van der Waals surface area contributed by atoms with Crippen LogP contribution in [0.2, 0.25) is 17.3 Å². The molecule has 9 rings (SSSR count). The van der Waals surface area contributed by atoms with E-state index in [1.54, 1.807) is 0 Å². The number of pyridine rings is 2. The van der Waals surface area contributed by atoms with Gasteiger partial charge in [0, 0.05) is 35.8 Å². The molecule has 1 radical (unpaired) electrons. The summed E-state index contributed by atoms with van der Waals surface area (Å²) in [4.78, 5) is 9.21. The number of hydrogen-bond donors (Lipinski definition) is 0. The molecular formula is C51H42GeIrN2O-2. The van der Waals surface area contributed by atoms with Crippen molar-refractivity contribution < 1.29 is 28.6 Å². The maximum Gasteiger partial charge on any atom is 0.121 e. The molecule has 0 atom stereocenters. The second-order valence-corrected chi connectivity index (χ2v) is 25.3. The van der Waals surface area contributed by atoms with Crippen molar-refractivity contribution in [3.8, 4) is 55.9 Å². The van der Waals surface area contributed by atoms with Crippen molar-refractivity contribution in [3.63, 3.8) is 0 Å². The third-order valence-corrected chi connectivity index (χ3v) is 14.4. The average molecular weight is 967 g/mol. The van der Waals surface area contributed by atoms with Gasteiger partial charge in [0.25, 0.3) is 0 Å². The molecule has 0 aliphatic heterocycles. The van der Waals surface area contributed by atoms with Gasteiger partial charge in [-0.25, -0.2) is 0 Å². The van der Waals surface area contributed by atoms with Crippen molar-refractivity contribution in [3.05, 3.63) is 187 Å². The number of benzene rings is 6. The van der Waals surface area contributed by atoms with Crippen molar-refractivity contribution in [2.75, 3.05) is 0 Å². The fraction of sp³-hybridized carbons (Fsp3) is 0.0980. The van der Waals surface area contributed by atoms with Gasteiger partial charge < -0.3 is 9.40 Å². The third-order valence-electron chi connectivity index (χ3n) is 9.89. The molecule has 0 unspecified atom stereocenters. The molecule has 6 aromatic carbocycles. The number of aryl methyl sites for hydroxylation is 2. The smallest absolute Gasteiger partial charge is 0.121 e. The zero-order valence-corrected chi connectivity index (χ0v) is 36.2. The predicted octanol–water partition coefficient (Wildman–Crippen LogP) is 13.2. The van der Waals surface area contributed by atoms with E-state index in [1.807, 2.05) is 78.9 Å². The minimum atomic E-state index is -2.26. The quantitative estimate of drug-likeness (QED) is 0.123. The second kappa shape index (κ2) is 16.8. The summed E-state index contributed by atoms with van der Waals surface area (Å²) in [5.41, 5.74) is 12.8. The minimum absolute atomic E-state index is 0. The summed E-state index contributed by atoms with van der Waals surface area (Å²) < 4.78 is 31.5. The van der Waals surface area contributed by atoms with Gasteiger partial charge in [0.15, 0.2) is 0 Å². The van der Waals surface area contributed by atoms with Crippen LogP contribution in [0.15, 0.2) is 168 Å². The standard InChI is InChI=1S/C30H20NO.C21H22GeN.Ir/c1-20-19-31-28(18-25(20)22-10-6-3-7-11-22)24-13-15-30-27(17-24)26-16-23(12-14-29(26)32-30)21-8-4-2-5-9-21;1-16-14-21(23-15-20(16)22(2,3)4)19-12-10-18(11-13-19)17-8-6-5-7-9-17;/h2-12,14-19H,1H3;5-12,14-15H,1-4H3;/q2*-1;/i1D3;;. The van der Waals surface area contributed by atoms with Crippen molar-refractivity contribution in [2.24, 2.45) is 0 Å². The first-order valence-corrected chi connectivity index (χ1v) is 25.8. The van der Waals surface area contributed by atoms with Gasteiger partial charge in [0.1, 0.15) is 5.58 Å². The first kappa shape index (κ1) is 35.1. The van der Waals surface area contributed by atoms with E-state index in [0.717, 1.165) is 55.4 Å². The first-order valence-electron chi connectivity index (χ1n) is 20.0. The molecule has 0 amide bonds. The molecule has 277 valence electrons. The van der Waals surface area contributed by atoms with Crippen LogP contribution in [0.5, 0.6) is 0 Å². The maximum atomic E-state index is 7.98. The molecule has 0 aliphatic carbocycles. The predicted molar refractivity (Wildman–Crippen MR) is 233 cm³/mol. The molecule has 9 aromatic rings. The number of furan rings is 1. The largest absolute Gasteiger partial charge is 0.500 e. The monoisotopic (exact) mass is 968 g/mol. The fourth-order valence-electron chi connectivity index (χ4n) is 7.02. The van der Waals surface area contributed by atoms with Crippen molar-refractivity contribution in [1.29, 1.82) is 0 Å². The molecule has 3 aromatic heterocycles. The molecule has 0 fully saturated rings. The number of aromatic nitrogens is 2. The molecule has 0 aliphatic rings. The summed E-state index contributed by atoms with van der Waals surface area (Å²) in [6.07, 6.45) is 3.55. The number of hydrogen-bond acceptors (Lipinski definition) is 3. The van der Waals surface area contributed by atoms with Crippen LogP contribution in [0, 0.1) is 25.9 Å². The summed E-state index contributed by atoms with van der Waals surface area (Å²) in [6.45, 7) is -0.0612. The Labute approximate surface area is 350 Å². The second-order valence-electron chi connectivity index (χ2n) is 14.8. The number of nitrogens with zero attached hydrogens (tertiary/aromatic N) is 2. The van der Waals surface area contributed by atoms with Crippen LogP contribution in [0.25, 0.3) is 77.8 Å². The Bertz CT molecular complexity index is 2850. The Morgan fingerprint density at radius 1 is 0.536 bits per heavy atom. The van der Waals surface area contributed by atoms with Gasteiger partial charge in [-0.3, -0.25) is 0 Å². The molecule has 0 saturated carbocycles. The van der Waals surface area contributed by atoms with Gasteiger partial charge in [-0.1, -0.05) is 78.2 Å². The molecule has 3 nitrogen and oxygen atoms in total. The van der Waals surface area contributed by atoms with E-state index in [4.69, 9.17) is 13.5 Å². The topological polar surface area (TPSA) is 38.9 Å². The zero-order chi connectivity index (χ0) is 40.4. The van der Waals surface area contributed by atoms with Crippen LogP contribution in [0.3, 0.4) is 0 Å². The molecule has 0 bridgehead atoms. The molecule has 0 saturated heterocycles. The molecule has 5 heteroatoms. The van der Waals surface area contributed by atoms with Crippen LogP contribution >= 0.6 is 0 Å². The maximum absolute atomic E-state index is 7.98. The normalized spacial score (nSPS) is 12.2. The van der Waals surface area contributed by atoms with Crippen LogP contribution < -0.4 is 4.40 Å². The van der Waals surface area contributed by atoms with Crippen molar-refractivity contribution >= 4 is 39.6 Å².